The summed E-state index contributed by atoms with van der Waals surface area (Å²) >= 11 is 0. The molecule has 13 atom stereocenters. The van der Waals surface area contributed by atoms with Crippen LogP contribution in [0.2, 0.25) is 0 Å². The van der Waals surface area contributed by atoms with E-state index in [4.69, 9.17) is 18.9 Å². The molecule has 0 aromatic rings. The number of hydrogen-bond donors (Lipinski definition) is 1. The van der Waals surface area contributed by atoms with E-state index in [1.54, 1.807) is 13.0 Å². The predicted molar refractivity (Wildman–Crippen MR) is 147 cm³/mol. The molecule has 3 spiro atoms. The van der Waals surface area contributed by atoms with Crippen LogP contribution >= 0.6 is 0 Å². The van der Waals surface area contributed by atoms with Crippen molar-refractivity contribution in [3.8, 4) is 0 Å². The molecule has 0 bridgehead atoms. The molecule has 0 amide bonds. The summed E-state index contributed by atoms with van der Waals surface area (Å²) in [6.07, 6.45) is 7.83. The van der Waals surface area contributed by atoms with Gasteiger partial charge in [0.25, 0.3) is 0 Å². The lowest BCUT2D eigenvalue weighted by Crippen LogP contribution is -2.58. The number of aliphatic hydroxyl groups is 1. The first-order valence-corrected chi connectivity index (χ1v) is 15.6. The molecular weight excluding hydrogens is 524 g/mol. The second-order valence-electron chi connectivity index (χ2n) is 14.5. The molecule has 8 heteroatoms. The number of allylic oxidation sites excluding steroid dienone is 1. The van der Waals surface area contributed by atoms with E-state index in [1.165, 1.54) is 6.92 Å². The summed E-state index contributed by atoms with van der Waals surface area (Å²) < 4.78 is 23.6. The monoisotopic (exact) mass is 568 g/mol. The number of carbonyl (C=O) groups excluding carboxylic acids is 3. The Morgan fingerprint density at radius 3 is 2.63 bits per heavy atom. The van der Waals surface area contributed by atoms with Crippen LogP contribution in [0, 0.1) is 45.8 Å². The predicted octanol–water partition coefficient (Wildman–Crippen LogP) is 4.29. The largest absolute Gasteiger partial charge is 0.461 e. The normalized spacial score (nSPS) is 50.5. The number of ether oxygens (including phenoxy) is 4. The first-order valence-electron chi connectivity index (χ1n) is 15.6. The fourth-order valence-corrected chi connectivity index (χ4v) is 11.8. The van der Waals surface area contributed by atoms with Gasteiger partial charge in [-0.1, -0.05) is 26.3 Å². The zero-order valence-electron chi connectivity index (χ0n) is 25.1. The Bertz CT molecular complexity index is 1270. The molecule has 0 radical (unpaired) electrons. The second-order valence-corrected chi connectivity index (χ2v) is 14.5. The number of fused-ring (bicyclic) bond motifs is 2. The zero-order chi connectivity index (χ0) is 29.3. The maximum atomic E-state index is 13.9. The minimum atomic E-state index is -0.923. The van der Waals surface area contributed by atoms with E-state index >= 15 is 0 Å². The van der Waals surface area contributed by atoms with Gasteiger partial charge in [0, 0.05) is 13.3 Å². The molecule has 7 aliphatic rings. The van der Waals surface area contributed by atoms with Gasteiger partial charge in [0.05, 0.1) is 17.1 Å². The second kappa shape index (κ2) is 8.76. The smallest absolute Gasteiger partial charge is 0.337 e. The van der Waals surface area contributed by atoms with Gasteiger partial charge in [-0.15, -0.1) is 0 Å². The molecular formula is C33H44O8. The van der Waals surface area contributed by atoms with Gasteiger partial charge in [-0.05, 0) is 98.5 Å². The summed E-state index contributed by atoms with van der Waals surface area (Å²) in [6, 6.07) is 0. The van der Waals surface area contributed by atoms with E-state index in [2.05, 4.69) is 20.8 Å². The van der Waals surface area contributed by atoms with Crippen molar-refractivity contribution in [2.75, 3.05) is 6.61 Å². The van der Waals surface area contributed by atoms with E-state index in [1.807, 2.05) is 13.0 Å². The number of ketones is 1. The zero-order valence-corrected chi connectivity index (χ0v) is 25.1. The Hall–Kier alpha value is -2.03. The van der Waals surface area contributed by atoms with Crippen molar-refractivity contribution in [2.45, 2.75) is 110 Å². The van der Waals surface area contributed by atoms with Crippen LogP contribution in [-0.2, 0) is 33.3 Å². The molecule has 0 aromatic carbocycles. The number of carbonyl (C=O) groups is 3. The fraction of sp³-hybridized carbons (Fsp3) is 0.788. The third-order valence-corrected chi connectivity index (χ3v) is 13.4. The minimum absolute atomic E-state index is 0.0234. The highest BCUT2D eigenvalue weighted by Crippen LogP contribution is 2.91. The molecule has 1 saturated heterocycles. The highest BCUT2D eigenvalue weighted by Gasteiger charge is 2.97. The number of epoxide rings is 1. The van der Waals surface area contributed by atoms with Crippen molar-refractivity contribution in [3.05, 3.63) is 23.3 Å². The summed E-state index contributed by atoms with van der Waals surface area (Å²) in [5.41, 5.74) is 0.209. The third kappa shape index (κ3) is 3.25. The Labute approximate surface area is 242 Å². The summed E-state index contributed by atoms with van der Waals surface area (Å²) in [6.45, 7) is 11.8. The lowest BCUT2D eigenvalue weighted by molar-refractivity contribution is -0.160. The Morgan fingerprint density at radius 2 is 1.95 bits per heavy atom. The van der Waals surface area contributed by atoms with Crippen LogP contribution in [0.5, 0.6) is 0 Å². The van der Waals surface area contributed by atoms with E-state index in [-0.39, 0.29) is 53.2 Å². The lowest BCUT2D eigenvalue weighted by Gasteiger charge is -2.55. The summed E-state index contributed by atoms with van der Waals surface area (Å²) in [7, 11) is 0. The van der Waals surface area contributed by atoms with Crippen molar-refractivity contribution < 1.29 is 38.4 Å². The van der Waals surface area contributed by atoms with Gasteiger partial charge in [0.2, 0.25) is 0 Å². The summed E-state index contributed by atoms with van der Waals surface area (Å²) in [5.74, 6) is 1.13. The Balaban J connectivity index is 1.14. The highest BCUT2D eigenvalue weighted by atomic mass is 16.7. The van der Waals surface area contributed by atoms with Crippen LogP contribution in [-0.4, -0.2) is 59.6 Å². The molecule has 5 fully saturated rings. The standard InChI is InChI=1S/C33H44O8/c1-16-13-25(40-29(37)21(16)15-38-19(4)34)17(2)22-7-8-23-24-14-28-33(41-28)27(39-20(5)35)10-9-26(36)32(33)18(3)31(24,32)12-11-30(22,23)6/h9-10,17-18,20,22-25,27-28,35H,7-8,11-15H2,1-6H3/t17-,18?,20?,22?,23?,24?,25?,27+,28+,30+,31?,32+,33+/m0/s1. The van der Waals surface area contributed by atoms with Gasteiger partial charge in [0.15, 0.2) is 12.1 Å². The van der Waals surface area contributed by atoms with Crippen LogP contribution in [0.3, 0.4) is 0 Å². The van der Waals surface area contributed by atoms with Gasteiger partial charge in [-0.25, -0.2) is 4.79 Å². The number of cyclic esters (lactones) is 1. The maximum absolute atomic E-state index is 13.9. The first-order chi connectivity index (χ1) is 19.4. The molecule has 2 aliphatic heterocycles. The van der Waals surface area contributed by atoms with Crippen molar-refractivity contribution in [2.24, 2.45) is 45.8 Å². The number of hydrogen-bond acceptors (Lipinski definition) is 8. The van der Waals surface area contributed by atoms with Crippen LogP contribution in [0.15, 0.2) is 23.3 Å². The summed E-state index contributed by atoms with van der Waals surface area (Å²) in [4.78, 5) is 38.1. The van der Waals surface area contributed by atoms with Gasteiger partial charge in [-0.3, -0.25) is 9.59 Å². The SMILES string of the molecule is CC(=O)OCC1=C(C)CC([C@@H](C)C2CCC3C4C[C@H]5O[C@]56[C@H](OC(C)O)C=CC(=O)[C@@]65C(C)C45CC[C@@]32C)OC1=O. The molecule has 2 heterocycles. The van der Waals surface area contributed by atoms with Gasteiger partial charge < -0.3 is 24.1 Å². The van der Waals surface area contributed by atoms with E-state index < -0.39 is 29.4 Å². The third-order valence-electron chi connectivity index (χ3n) is 13.4. The van der Waals surface area contributed by atoms with Gasteiger partial charge >= 0.3 is 11.9 Å². The van der Waals surface area contributed by atoms with Crippen molar-refractivity contribution in [1.29, 1.82) is 0 Å². The van der Waals surface area contributed by atoms with Crippen LogP contribution < -0.4 is 0 Å². The quantitative estimate of drug-likeness (QED) is 0.287. The highest BCUT2D eigenvalue weighted by molar-refractivity contribution is 6.02. The van der Waals surface area contributed by atoms with E-state index in [0.717, 1.165) is 37.7 Å². The average Bonchev–Trinajstić information content (AvgIpc) is 3.71. The lowest BCUT2D eigenvalue weighted by atomic mass is 9.49. The molecule has 4 saturated carbocycles. The van der Waals surface area contributed by atoms with Gasteiger partial charge in [-0.2, -0.15) is 0 Å². The number of rotatable bonds is 6. The molecule has 5 aliphatic carbocycles. The summed E-state index contributed by atoms with van der Waals surface area (Å²) in [5, 5.41) is 10.1. The minimum Gasteiger partial charge on any atom is -0.461 e. The maximum Gasteiger partial charge on any atom is 0.337 e. The fourth-order valence-electron chi connectivity index (χ4n) is 11.8. The van der Waals surface area contributed by atoms with Crippen molar-refractivity contribution in [3.63, 3.8) is 0 Å². The van der Waals surface area contributed by atoms with Crippen molar-refractivity contribution in [1.82, 2.24) is 0 Å². The topological polar surface area (TPSA) is 112 Å². The molecule has 7 unspecified atom stereocenters. The number of aliphatic hydroxyl groups excluding tert-OH is 1. The van der Waals surface area contributed by atoms with E-state index in [0.29, 0.717) is 29.7 Å². The van der Waals surface area contributed by atoms with E-state index in [9.17, 15) is 19.5 Å². The van der Waals surface area contributed by atoms with Crippen molar-refractivity contribution >= 4 is 17.7 Å². The average molecular weight is 569 g/mol. The Morgan fingerprint density at radius 1 is 1.20 bits per heavy atom. The Kier molecular flexibility index (Phi) is 5.94. The first kappa shape index (κ1) is 27.8. The molecule has 7 rings (SSSR count). The van der Waals surface area contributed by atoms with Crippen LogP contribution in [0.1, 0.15) is 80.1 Å². The van der Waals surface area contributed by atoms with Crippen LogP contribution in [0.4, 0.5) is 0 Å². The molecule has 1 N–H and O–H groups in total. The molecule has 8 nitrogen and oxygen atoms in total. The van der Waals surface area contributed by atoms with Gasteiger partial charge in [0.1, 0.15) is 24.4 Å². The molecule has 224 valence electrons. The van der Waals surface area contributed by atoms with Crippen LogP contribution in [0.25, 0.3) is 0 Å². The molecule has 0 aromatic heterocycles. The number of esters is 2. The molecule has 41 heavy (non-hydrogen) atoms.